The summed E-state index contributed by atoms with van der Waals surface area (Å²) in [4.78, 5) is 4.43. The third-order valence-electron chi connectivity index (χ3n) is 9.44. The zero-order valence-corrected chi connectivity index (χ0v) is 26.6. The maximum absolute atomic E-state index is 8.63. The first-order chi connectivity index (χ1) is 24.2. The minimum Gasteiger partial charge on any atom is -0.299 e. The summed E-state index contributed by atoms with van der Waals surface area (Å²) in [5, 5.41) is 23.0. The maximum Gasteiger partial charge on any atom is 0.109 e. The van der Waals surface area contributed by atoms with Gasteiger partial charge in [0, 0.05) is 18.0 Å². The van der Waals surface area contributed by atoms with Crippen LogP contribution >= 0.6 is 0 Å². The number of hydrogen-bond acceptors (Lipinski definition) is 4. The molecule has 49 heavy (non-hydrogen) atoms. The van der Waals surface area contributed by atoms with Crippen LogP contribution in [0.3, 0.4) is 0 Å². The van der Waals surface area contributed by atoms with Gasteiger partial charge in [-0.15, -0.1) is 0 Å². The van der Waals surface area contributed by atoms with Gasteiger partial charge in [0.25, 0.3) is 0 Å². The van der Waals surface area contributed by atoms with E-state index < -0.39 is 0 Å². The van der Waals surface area contributed by atoms with Gasteiger partial charge in [-0.3, -0.25) is 15.8 Å². The minimum atomic E-state index is 0.365. The summed E-state index contributed by atoms with van der Waals surface area (Å²) in [5.41, 5.74) is 11.8. The number of fused-ring (bicyclic) bond motifs is 5. The van der Waals surface area contributed by atoms with Crippen molar-refractivity contribution in [3.63, 3.8) is 0 Å². The summed E-state index contributed by atoms with van der Waals surface area (Å²) in [6.45, 7) is 0. The molecule has 0 fully saturated rings. The number of nitrogens with one attached hydrogen (secondary N) is 2. The monoisotopic (exact) mass is 626 g/mol. The number of hydrogen-bond donors (Lipinski definition) is 2. The summed E-state index contributed by atoms with van der Waals surface area (Å²) in [7, 11) is 0. The molecule has 1 heterocycles. The highest BCUT2D eigenvalue weighted by Crippen LogP contribution is 2.43. The molecule has 0 radical (unpaired) electrons. The van der Waals surface area contributed by atoms with Crippen LogP contribution in [-0.2, 0) is 0 Å². The molecule has 0 amide bonds. The fourth-order valence-corrected chi connectivity index (χ4v) is 7.18. The van der Waals surface area contributed by atoms with Crippen molar-refractivity contribution in [1.29, 1.82) is 5.41 Å². The minimum absolute atomic E-state index is 0.365. The fraction of sp³-hybridized carbons (Fsp3) is 0. The summed E-state index contributed by atoms with van der Waals surface area (Å²) < 4.78 is 0. The van der Waals surface area contributed by atoms with Gasteiger partial charge in [0.05, 0.1) is 11.4 Å². The smallest absolute Gasteiger partial charge is 0.109 e. The van der Waals surface area contributed by atoms with E-state index in [2.05, 4.69) is 144 Å². The van der Waals surface area contributed by atoms with Crippen molar-refractivity contribution in [2.24, 2.45) is 5.10 Å². The number of benzene rings is 7. The Hall–Kier alpha value is -6.65. The van der Waals surface area contributed by atoms with E-state index in [-0.39, 0.29) is 0 Å². The molecule has 0 atom stereocenters. The number of aromatic nitrogens is 1. The molecule has 0 aliphatic heterocycles. The molecule has 7 aromatic carbocycles. The lowest BCUT2D eigenvalue weighted by molar-refractivity contribution is 1.33. The average molecular weight is 627 g/mol. The molecule has 0 spiro atoms. The van der Waals surface area contributed by atoms with Gasteiger partial charge in [-0.25, -0.2) is 0 Å². The van der Waals surface area contributed by atoms with Crippen LogP contribution in [0.5, 0.6) is 0 Å². The van der Waals surface area contributed by atoms with Crippen molar-refractivity contribution in [2.45, 2.75) is 0 Å². The third-order valence-corrected chi connectivity index (χ3v) is 9.44. The number of hydrazone groups is 1. The quantitative estimate of drug-likeness (QED) is 0.0864. The topological polar surface area (TPSA) is 61.1 Å². The lowest BCUT2D eigenvalue weighted by Gasteiger charge is -2.17. The van der Waals surface area contributed by atoms with Gasteiger partial charge < -0.3 is 0 Å². The fourth-order valence-electron chi connectivity index (χ4n) is 7.18. The maximum atomic E-state index is 8.63. The van der Waals surface area contributed by atoms with Crippen molar-refractivity contribution in [1.82, 2.24) is 4.98 Å². The Kier molecular flexibility index (Phi) is 6.91. The Bertz CT molecular complexity index is 2630. The number of nitrogens with zero attached hydrogens (tertiary/aromatic N) is 2. The Morgan fingerprint density at radius 1 is 0.531 bits per heavy atom. The molecule has 4 heteroatoms. The molecule has 9 rings (SSSR count). The third kappa shape index (κ3) is 4.98. The Balaban J connectivity index is 1.08. The van der Waals surface area contributed by atoms with Crippen LogP contribution in [0.4, 0.5) is 5.69 Å². The highest BCUT2D eigenvalue weighted by atomic mass is 15.3. The number of anilines is 1. The number of rotatable bonds is 5. The van der Waals surface area contributed by atoms with Crippen molar-refractivity contribution >= 4 is 65.8 Å². The van der Waals surface area contributed by atoms with Crippen LogP contribution in [0.1, 0.15) is 5.56 Å². The molecular formula is C45H30N4. The normalized spacial score (nSPS) is 13.8. The largest absolute Gasteiger partial charge is 0.299 e. The van der Waals surface area contributed by atoms with Gasteiger partial charge in [-0.1, -0.05) is 121 Å². The molecule has 230 valence electrons. The second-order valence-electron chi connectivity index (χ2n) is 12.3. The van der Waals surface area contributed by atoms with Crippen LogP contribution in [0, 0.1) is 5.41 Å². The molecule has 8 aromatic rings. The number of allylic oxidation sites excluding steroid dienone is 4. The summed E-state index contributed by atoms with van der Waals surface area (Å²) in [5.74, 6) is 0. The molecule has 0 saturated carbocycles. The Labute approximate surface area is 283 Å². The van der Waals surface area contributed by atoms with Gasteiger partial charge in [0.1, 0.15) is 5.71 Å². The summed E-state index contributed by atoms with van der Waals surface area (Å²) >= 11 is 0. The predicted molar refractivity (Wildman–Crippen MR) is 207 cm³/mol. The summed E-state index contributed by atoms with van der Waals surface area (Å²) in [6, 6.07) is 49.0. The van der Waals surface area contributed by atoms with Crippen LogP contribution in [0.25, 0.3) is 70.9 Å². The SMILES string of the molecule is N=C1C=CC(c2cc3ccccc3c3ccccc23)=C/C1=N/Nc1ccc(-c2c3ccccc3c(-c3cccnc3)c3ccccc23)cc1. The van der Waals surface area contributed by atoms with Gasteiger partial charge in [0.2, 0.25) is 0 Å². The van der Waals surface area contributed by atoms with Gasteiger partial charge >= 0.3 is 0 Å². The lowest BCUT2D eigenvalue weighted by atomic mass is 9.86. The zero-order chi connectivity index (χ0) is 32.7. The molecule has 0 saturated heterocycles. The molecule has 1 aliphatic carbocycles. The van der Waals surface area contributed by atoms with E-state index in [0.29, 0.717) is 11.4 Å². The average Bonchev–Trinajstić information content (AvgIpc) is 3.17. The van der Waals surface area contributed by atoms with Crippen LogP contribution in [0.15, 0.2) is 175 Å². The standard InChI is InChI=1S/C45H30N4/c46-42-24-21-31(41-26-30-10-1-2-12-34(30)35-13-3-4-14-36(35)41)27-43(42)49-48-33-22-19-29(20-23-33)44-37-15-5-7-17-39(37)45(32-11-9-25-47-28-32)40-18-8-6-16-38(40)44/h1-28,46,48H/b46-42?,49-43-. The lowest BCUT2D eigenvalue weighted by Crippen LogP contribution is -2.13. The molecule has 2 N–H and O–H groups in total. The second kappa shape index (κ2) is 11.9. The first-order valence-corrected chi connectivity index (χ1v) is 16.4. The Morgan fingerprint density at radius 3 is 1.78 bits per heavy atom. The molecule has 0 unspecified atom stereocenters. The highest BCUT2D eigenvalue weighted by Gasteiger charge is 2.17. The summed E-state index contributed by atoms with van der Waals surface area (Å²) in [6.07, 6.45) is 9.61. The van der Waals surface area contributed by atoms with Crippen molar-refractivity contribution in [3.05, 3.63) is 176 Å². The first-order valence-electron chi connectivity index (χ1n) is 16.4. The van der Waals surface area contributed by atoms with E-state index in [0.717, 1.165) is 28.0 Å². The molecule has 1 aromatic heterocycles. The number of pyridine rings is 1. The van der Waals surface area contributed by atoms with E-state index in [1.807, 2.05) is 36.7 Å². The van der Waals surface area contributed by atoms with Crippen molar-refractivity contribution < 1.29 is 0 Å². The van der Waals surface area contributed by atoms with Gasteiger partial charge in [-0.2, -0.15) is 5.10 Å². The van der Waals surface area contributed by atoms with E-state index in [4.69, 9.17) is 10.5 Å². The predicted octanol–water partition coefficient (Wildman–Crippen LogP) is 11.5. The van der Waals surface area contributed by atoms with Crippen LogP contribution < -0.4 is 5.43 Å². The van der Waals surface area contributed by atoms with Crippen LogP contribution in [0.2, 0.25) is 0 Å². The van der Waals surface area contributed by atoms with E-state index in [9.17, 15) is 0 Å². The molecule has 4 nitrogen and oxygen atoms in total. The molecular weight excluding hydrogens is 597 g/mol. The first kappa shape index (κ1) is 28.6. The zero-order valence-electron chi connectivity index (χ0n) is 26.6. The van der Waals surface area contributed by atoms with Gasteiger partial charge in [-0.05, 0) is 107 Å². The second-order valence-corrected chi connectivity index (χ2v) is 12.3. The van der Waals surface area contributed by atoms with E-state index in [1.54, 1.807) is 0 Å². The van der Waals surface area contributed by atoms with Crippen molar-refractivity contribution in [2.75, 3.05) is 5.43 Å². The van der Waals surface area contributed by atoms with Gasteiger partial charge in [0.15, 0.2) is 0 Å². The highest BCUT2D eigenvalue weighted by molar-refractivity contribution is 6.51. The van der Waals surface area contributed by atoms with Crippen molar-refractivity contribution in [3.8, 4) is 22.3 Å². The molecule has 0 bridgehead atoms. The van der Waals surface area contributed by atoms with Crippen LogP contribution in [-0.4, -0.2) is 16.4 Å². The van der Waals surface area contributed by atoms with E-state index in [1.165, 1.54) is 54.2 Å². The Morgan fingerprint density at radius 2 is 1.12 bits per heavy atom. The van der Waals surface area contributed by atoms with E-state index >= 15 is 0 Å². The molecule has 1 aliphatic rings.